The fraction of sp³-hybridized carbons (Fsp3) is 0.333. The van der Waals surface area contributed by atoms with Crippen molar-refractivity contribution in [3.63, 3.8) is 0 Å². The molecule has 7 heteroatoms. The predicted octanol–water partition coefficient (Wildman–Crippen LogP) is 1.64. The number of benzene rings is 1. The maximum atomic E-state index is 6.08. The molecule has 2 aromatic heterocycles. The Hall–Kier alpha value is -2.54. The van der Waals surface area contributed by atoms with Gasteiger partial charge in [0.15, 0.2) is 17.1 Å². The van der Waals surface area contributed by atoms with Crippen LogP contribution >= 0.6 is 0 Å². The van der Waals surface area contributed by atoms with Crippen LogP contribution < -0.4 is 15.2 Å². The van der Waals surface area contributed by atoms with Crippen LogP contribution in [-0.4, -0.2) is 41.0 Å². The van der Waals surface area contributed by atoms with Crippen molar-refractivity contribution in [1.29, 1.82) is 0 Å². The molecule has 0 bridgehead atoms. The van der Waals surface area contributed by atoms with Gasteiger partial charge in [-0.25, -0.2) is 9.50 Å². The third-order valence-electron chi connectivity index (χ3n) is 3.83. The Morgan fingerprint density at radius 3 is 3.05 bits per heavy atom. The van der Waals surface area contributed by atoms with Gasteiger partial charge in [-0.15, -0.1) is 0 Å². The zero-order valence-electron chi connectivity index (χ0n) is 12.2. The molecule has 0 amide bonds. The highest BCUT2D eigenvalue weighted by molar-refractivity contribution is 5.92. The van der Waals surface area contributed by atoms with Crippen molar-refractivity contribution in [2.75, 3.05) is 26.1 Å². The van der Waals surface area contributed by atoms with E-state index in [4.69, 9.17) is 19.9 Å². The van der Waals surface area contributed by atoms with E-state index in [1.165, 1.54) is 0 Å². The van der Waals surface area contributed by atoms with Gasteiger partial charge in [-0.2, -0.15) is 5.10 Å². The van der Waals surface area contributed by atoms with E-state index in [9.17, 15) is 0 Å². The lowest BCUT2D eigenvalue weighted by atomic mass is 10.2. The molecule has 0 unspecified atom stereocenters. The van der Waals surface area contributed by atoms with E-state index in [1.54, 1.807) is 17.8 Å². The predicted molar refractivity (Wildman–Crippen MR) is 81.3 cm³/mol. The first kappa shape index (κ1) is 13.1. The molecule has 0 saturated carbocycles. The van der Waals surface area contributed by atoms with E-state index in [2.05, 4.69) is 10.1 Å². The summed E-state index contributed by atoms with van der Waals surface area (Å²) in [6.45, 7) is 1.31. The van der Waals surface area contributed by atoms with Crippen LogP contribution in [0, 0.1) is 0 Å². The van der Waals surface area contributed by atoms with Crippen LogP contribution in [0.3, 0.4) is 0 Å². The van der Waals surface area contributed by atoms with Crippen molar-refractivity contribution >= 4 is 22.4 Å². The number of nitrogens with two attached hydrogens (primary N) is 1. The summed E-state index contributed by atoms with van der Waals surface area (Å²) < 4.78 is 18.5. The van der Waals surface area contributed by atoms with E-state index in [0.717, 1.165) is 23.9 Å². The summed E-state index contributed by atoms with van der Waals surface area (Å²) in [6.07, 6.45) is 2.59. The molecule has 1 fully saturated rings. The number of rotatable bonds is 3. The number of anilines is 1. The fourth-order valence-electron chi connectivity index (χ4n) is 2.72. The van der Waals surface area contributed by atoms with E-state index in [0.29, 0.717) is 29.6 Å². The van der Waals surface area contributed by atoms with Crippen molar-refractivity contribution in [3.8, 4) is 11.5 Å². The number of fused-ring (bicyclic) bond motifs is 3. The highest BCUT2D eigenvalue weighted by atomic mass is 16.6. The molecular formula is C15H16N4O3. The molecule has 0 spiro atoms. The van der Waals surface area contributed by atoms with E-state index < -0.39 is 0 Å². The van der Waals surface area contributed by atoms with Gasteiger partial charge in [0.05, 0.1) is 32.0 Å². The third-order valence-corrected chi connectivity index (χ3v) is 3.83. The second-order valence-corrected chi connectivity index (χ2v) is 5.22. The highest BCUT2D eigenvalue weighted by Crippen LogP contribution is 2.35. The number of nitrogen functional groups attached to an aromatic ring is 1. The molecule has 22 heavy (non-hydrogen) atoms. The van der Waals surface area contributed by atoms with Crippen LogP contribution in [-0.2, 0) is 4.74 Å². The SMILES string of the molecule is COc1cc2c(cc1O[C@H]1CCOC1)c(N)nc1ccnn12. The monoisotopic (exact) mass is 300 g/mol. The number of nitrogens with zero attached hydrogens (tertiary/aromatic N) is 3. The summed E-state index contributed by atoms with van der Waals surface area (Å²) in [5.41, 5.74) is 7.61. The second kappa shape index (κ2) is 5.03. The van der Waals surface area contributed by atoms with Gasteiger partial charge < -0.3 is 19.9 Å². The zero-order valence-corrected chi connectivity index (χ0v) is 12.2. The van der Waals surface area contributed by atoms with Crippen molar-refractivity contribution in [1.82, 2.24) is 14.6 Å². The summed E-state index contributed by atoms with van der Waals surface area (Å²) in [6, 6.07) is 5.54. The fourth-order valence-corrected chi connectivity index (χ4v) is 2.72. The number of methoxy groups -OCH3 is 1. The van der Waals surface area contributed by atoms with E-state index in [-0.39, 0.29) is 6.10 Å². The molecule has 1 atom stereocenters. The Morgan fingerprint density at radius 2 is 2.27 bits per heavy atom. The minimum Gasteiger partial charge on any atom is -0.493 e. The number of ether oxygens (including phenoxy) is 3. The molecule has 1 saturated heterocycles. The first-order valence-electron chi connectivity index (χ1n) is 7.11. The van der Waals surface area contributed by atoms with Crippen LogP contribution in [0.5, 0.6) is 11.5 Å². The van der Waals surface area contributed by atoms with Gasteiger partial charge in [-0.3, -0.25) is 0 Å². The van der Waals surface area contributed by atoms with Crippen LogP contribution in [0.1, 0.15) is 6.42 Å². The summed E-state index contributed by atoms with van der Waals surface area (Å²) in [7, 11) is 1.62. The van der Waals surface area contributed by atoms with Gasteiger partial charge in [0.1, 0.15) is 11.9 Å². The number of aromatic nitrogens is 3. The smallest absolute Gasteiger partial charge is 0.162 e. The molecule has 0 radical (unpaired) electrons. The normalized spacial score (nSPS) is 18.1. The van der Waals surface area contributed by atoms with Crippen molar-refractivity contribution in [2.24, 2.45) is 0 Å². The molecule has 2 N–H and O–H groups in total. The molecule has 3 heterocycles. The lowest BCUT2D eigenvalue weighted by Crippen LogP contribution is -2.16. The lowest BCUT2D eigenvalue weighted by molar-refractivity contribution is 0.139. The second-order valence-electron chi connectivity index (χ2n) is 5.22. The maximum absolute atomic E-state index is 6.08. The Kier molecular flexibility index (Phi) is 3.00. The molecule has 3 aromatic rings. The van der Waals surface area contributed by atoms with Crippen LogP contribution in [0.4, 0.5) is 5.82 Å². The average Bonchev–Trinajstić information content (AvgIpc) is 3.18. The number of hydrogen-bond acceptors (Lipinski definition) is 6. The summed E-state index contributed by atoms with van der Waals surface area (Å²) in [4.78, 5) is 4.35. The Balaban J connectivity index is 1.89. The van der Waals surface area contributed by atoms with Gasteiger partial charge in [-0.05, 0) is 6.07 Å². The van der Waals surface area contributed by atoms with Crippen LogP contribution in [0.15, 0.2) is 24.4 Å². The molecular weight excluding hydrogens is 284 g/mol. The molecule has 1 aliphatic heterocycles. The highest BCUT2D eigenvalue weighted by Gasteiger charge is 2.20. The largest absolute Gasteiger partial charge is 0.493 e. The van der Waals surface area contributed by atoms with Gasteiger partial charge >= 0.3 is 0 Å². The van der Waals surface area contributed by atoms with Crippen LogP contribution in [0.25, 0.3) is 16.6 Å². The molecule has 7 nitrogen and oxygen atoms in total. The van der Waals surface area contributed by atoms with Gasteiger partial charge in [-0.1, -0.05) is 0 Å². The molecule has 0 aliphatic carbocycles. The maximum Gasteiger partial charge on any atom is 0.162 e. The quantitative estimate of drug-likeness (QED) is 0.791. The topological polar surface area (TPSA) is 83.9 Å². The summed E-state index contributed by atoms with van der Waals surface area (Å²) in [5, 5.41) is 5.06. The first-order chi connectivity index (χ1) is 10.8. The zero-order chi connectivity index (χ0) is 15.1. The van der Waals surface area contributed by atoms with E-state index >= 15 is 0 Å². The minimum absolute atomic E-state index is 0.0361. The minimum atomic E-state index is 0.0361. The van der Waals surface area contributed by atoms with Crippen molar-refractivity contribution < 1.29 is 14.2 Å². The summed E-state index contributed by atoms with van der Waals surface area (Å²) in [5.74, 6) is 1.73. The van der Waals surface area contributed by atoms with Gasteiger partial charge in [0.2, 0.25) is 0 Å². The standard InChI is InChI=1S/C15H16N4O3/c1-20-12-7-11-10(6-13(12)22-9-3-5-21-8-9)15(16)18-14-2-4-17-19(11)14/h2,4,6-7,9H,3,5,8H2,1H3,(H2,16,18)/t9-/m0/s1. The van der Waals surface area contributed by atoms with Crippen molar-refractivity contribution in [3.05, 3.63) is 24.4 Å². The average molecular weight is 300 g/mol. The molecule has 4 rings (SSSR count). The van der Waals surface area contributed by atoms with Gasteiger partial charge in [0, 0.05) is 23.9 Å². The van der Waals surface area contributed by atoms with Crippen molar-refractivity contribution in [2.45, 2.75) is 12.5 Å². The Bertz CT molecular complexity index is 840. The summed E-state index contributed by atoms with van der Waals surface area (Å²) >= 11 is 0. The van der Waals surface area contributed by atoms with Crippen LogP contribution in [0.2, 0.25) is 0 Å². The Morgan fingerprint density at radius 1 is 1.36 bits per heavy atom. The van der Waals surface area contributed by atoms with E-state index in [1.807, 2.05) is 18.2 Å². The third kappa shape index (κ3) is 2.01. The number of hydrogen-bond donors (Lipinski definition) is 1. The van der Waals surface area contributed by atoms with Gasteiger partial charge in [0.25, 0.3) is 0 Å². The lowest BCUT2D eigenvalue weighted by Gasteiger charge is -2.16. The molecule has 114 valence electrons. The molecule has 1 aliphatic rings. The Labute approximate surface area is 126 Å². The molecule has 1 aromatic carbocycles. The first-order valence-corrected chi connectivity index (χ1v) is 7.11.